The normalized spacial score (nSPS) is 15.1. The number of benzene rings is 2. The molecule has 29 heavy (non-hydrogen) atoms. The fraction of sp³-hybridized carbons (Fsp3) is 0.417. The predicted octanol–water partition coefficient (Wildman–Crippen LogP) is 4.15. The summed E-state index contributed by atoms with van der Waals surface area (Å²) in [4.78, 5) is 27.6. The summed E-state index contributed by atoms with van der Waals surface area (Å²) in [7, 11) is 0. The molecule has 1 fully saturated rings. The number of carbonyl (C=O) groups is 2. The molecule has 2 aromatic carbocycles. The number of carbonyl (C=O) groups excluding carboxylic acids is 2. The quantitative estimate of drug-likeness (QED) is 0.764. The Balaban J connectivity index is 1.75. The van der Waals surface area contributed by atoms with Gasteiger partial charge in [-0.05, 0) is 49.9 Å². The minimum atomic E-state index is -0.579. The van der Waals surface area contributed by atoms with Crippen molar-refractivity contribution in [2.45, 2.75) is 64.6 Å². The van der Waals surface area contributed by atoms with Crippen molar-refractivity contribution >= 4 is 11.8 Å². The van der Waals surface area contributed by atoms with Gasteiger partial charge in [0.2, 0.25) is 11.8 Å². The molecule has 1 N–H and O–H groups in total. The van der Waals surface area contributed by atoms with E-state index < -0.39 is 6.04 Å². The average Bonchev–Trinajstić information content (AvgIpc) is 3.21. The molecule has 0 spiro atoms. The number of halogens is 1. The fourth-order valence-electron chi connectivity index (χ4n) is 3.74. The summed E-state index contributed by atoms with van der Waals surface area (Å²) in [6, 6.07) is 13.5. The second kappa shape index (κ2) is 9.68. The summed E-state index contributed by atoms with van der Waals surface area (Å²) < 4.78 is 13.2. The van der Waals surface area contributed by atoms with Crippen molar-refractivity contribution in [2.75, 3.05) is 0 Å². The van der Waals surface area contributed by atoms with Gasteiger partial charge in [-0.3, -0.25) is 9.59 Å². The molecule has 0 radical (unpaired) electrons. The van der Waals surface area contributed by atoms with Crippen LogP contribution < -0.4 is 5.32 Å². The van der Waals surface area contributed by atoms with Crippen LogP contribution in [0.15, 0.2) is 48.5 Å². The van der Waals surface area contributed by atoms with Gasteiger partial charge in [-0.15, -0.1) is 0 Å². The molecular weight excluding hydrogens is 367 g/mol. The van der Waals surface area contributed by atoms with Crippen molar-refractivity contribution in [2.24, 2.45) is 0 Å². The Bertz CT molecular complexity index is 827. The van der Waals surface area contributed by atoms with Crippen molar-refractivity contribution in [3.8, 4) is 0 Å². The predicted molar refractivity (Wildman–Crippen MR) is 112 cm³/mol. The second-order valence-corrected chi connectivity index (χ2v) is 7.98. The molecule has 4 nitrogen and oxygen atoms in total. The summed E-state index contributed by atoms with van der Waals surface area (Å²) in [5.74, 6) is -0.593. The lowest BCUT2D eigenvalue weighted by Gasteiger charge is -2.30. The largest absolute Gasteiger partial charge is 0.352 e. The lowest BCUT2D eigenvalue weighted by Crippen LogP contribution is -2.50. The molecule has 0 heterocycles. The number of rotatable bonds is 7. The van der Waals surface area contributed by atoms with E-state index in [1.54, 1.807) is 24.0 Å². The van der Waals surface area contributed by atoms with E-state index in [-0.39, 0.29) is 30.1 Å². The number of amides is 2. The number of hydrogen-bond acceptors (Lipinski definition) is 2. The topological polar surface area (TPSA) is 49.4 Å². The van der Waals surface area contributed by atoms with Gasteiger partial charge in [-0.2, -0.15) is 0 Å². The van der Waals surface area contributed by atoms with Gasteiger partial charge in [0.15, 0.2) is 0 Å². The van der Waals surface area contributed by atoms with Crippen molar-refractivity contribution in [1.29, 1.82) is 0 Å². The fourth-order valence-corrected chi connectivity index (χ4v) is 3.74. The van der Waals surface area contributed by atoms with Gasteiger partial charge >= 0.3 is 0 Å². The van der Waals surface area contributed by atoms with Crippen LogP contribution in [0.2, 0.25) is 0 Å². The van der Waals surface area contributed by atoms with E-state index in [1.807, 2.05) is 31.2 Å². The molecular formula is C24H29FN2O2. The highest BCUT2D eigenvalue weighted by molar-refractivity contribution is 5.88. The zero-order chi connectivity index (χ0) is 20.8. The maximum Gasteiger partial charge on any atom is 0.242 e. The van der Waals surface area contributed by atoms with Crippen LogP contribution >= 0.6 is 0 Å². The molecule has 0 aliphatic heterocycles. The Morgan fingerprint density at radius 2 is 1.62 bits per heavy atom. The Labute approximate surface area is 172 Å². The van der Waals surface area contributed by atoms with E-state index in [9.17, 15) is 14.0 Å². The molecule has 0 unspecified atom stereocenters. The zero-order valence-electron chi connectivity index (χ0n) is 17.2. The Kier molecular flexibility index (Phi) is 7.02. The first-order valence-corrected chi connectivity index (χ1v) is 10.3. The molecule has 1 aliphatic carbocycles. The van der Waals surface area contributed by atoms with E-state index in [1.165, 1.54) is 12.1 Å². The lowest BCUT2D eigenvalue weighted by molar-refractivity contribution is -0.140. The maximum atomic E-state index is 13.2. The van der Waals surface area contributed by atoms with E-state index in [0.717, 1.165) is 42.4 Å². The lowest BCUT2D eigenvalue weighted by atomic mass is 10.1. The minimum absolute atomic E-state index is 0.114. The van der Waals surface area contributed by atoms with E-state index in [4.69, 9.17) is 0 Å². The first-order valence-electron chi connectivity index (χ1n) is 10.3. The molecule has 1 aliphatic rings. The van der Waals surface area contributed by atoms with Crippen LogP contribution in [-0.4, -0.2) is 28.8 Å². The number of hydrogen-bond donors (Lipinski definition) is 1. The van der Waals surface area contributed by atoms with E-state index in [2.05, 4.69) is 5.32 Å². The second-order valence-electron chi connectivity index (χ2n) is 7.98. The van der Waals surface area contributed by atoms with Crippen LogP contribution in [0.1, 0.15) is 49.3 Å². The summed E-state index contributed by atoms with van der Waals surface area (Å²) in [6.45, 7) is 4.15. The summed E-state index contributed by atoms with van der Waals surface area (Å²) in [6.07, 6.45) is 4.40. The van der Waals surface area contributed by atoms with Crippen LogP contribution in [0.25, 0.3) is 0 Å². The third-order valence-electron chi connectivity index (χ3n) is 5.61. The average molecular weight is 397 g/mol. The van der Waals surface area contributed by atoms with Crippen LogP contribution in [0.5, 0.6) is 0 Å². The van der Waals surface area contributed by atoms with Gasteiger partial charge in [0, 0.05) is 12.6 Å². The Morgan fingerprint density at radius 3 is 2.24 bits per heavy atom. The monoisotopic (exact) mass is 396 g/mol. The smallest absolute Gasteiger partial charge is 0.242 e. The van der Waals surface area contributed by atoms with Gasteiger partial charge in [-0.25, -0.2) is 4.39 Å². The highest BCUT2D eigenvalue weighted by atomic mass is 19.1. The molecule has 3 rings (SSSR count). The van der Waals surface area contributed by atoms with E-state index in [0.29, 0.717) is 6.54 Å². The molecule has 1 atom stereocenters. The van der Waals surface area contributed by atoms with Gasteiger partial charge < -0.3 is 10.2 Å². The zero-order valence-corrected chi connectivity index (χ0v) is 17.2. The molecule has 0 aromatic heterocycles. The van der Waals surface area contributed by atoms with Crippen molar-refractivity contribution in [3.63, 3.8) is 0 Å². The van der Waals surface area contributed by atoms with E-state index >= 15 is 0 Å². The molecule has 1 saturated carbocycles. The minimum Gasteiger partial charge on any atom is -0.352 e. The van der Waals surface area contributed by atoms with Gasteiger partial charge in [-0.1, -0.05) is 54.8 Å². The van der Waals surface area contributed by atoms with Crippen molar-refractivity contribution in [3.05, 3.63) is 71.0 Å². The van der Waals surface area contributed by atoms with Gasteiger partial charge in [0.25, 0.3) is 0 Å². The van der Waals surface area contributed by atoms with Crippen LogP contribution in [0.3, 0.4) is 0 Å². The molecule has 5 heteroatoms. The first-order chi connectivity index (χ1) is 13.9. The third kappa shape index (κ3) is 5.89. The third-order valence-corrected chi connectivity index (χ3v) is 5.61. The van der Waals surface area contributed by atoms with Crippen LogP contribution in [0.4, 0.5) is 4.39 Å². The molecule has 0 bridgehead atoms. The van der Waals surface area contributed by atoms with Crippen LogP contribution in [0, 0.1) is 12.7 Å². The maximum absolute atomic E-state index is 13.2. The molecule has 2 amide bonds. The Morgan fingerprint density at radius 1 is 1.03 bits per heavy atom. The van der Waals surface area contributed by atoms with Crippen molar-refractivity contribution in [1.82, 2.24) is 10.2 Å². The summed E-state index contributed by atoms with van der Waals surface area (Å²) in [5, 5.41) is 3.10. The number of aryl methyl sites for hydroxylation is 1. The summed E-state index contributed by atoms with van der Waals surface area (Å²) in [5.41, 5.74) is 2.85. The summed E-state index contributed by atoms with van der Waals surface area (Å²) >= 11 is 0. The highest BCUT2D eigenvalue weighted by Gasteiger charge is 2.28. The highest BCUT2D eigenvalue weighted by Crippen LogP contribution is 2.19. The molecule has 0 saturated heterocycles. The number of nitrogens with one attached hydrogen (secondary N) is 1. The van der Waals surface area contributed by atoms with Crippen molar-refractivity contribution < 1.29 is 14.0 Å². The SMILES string of the molecule is Cc1ccc(CN(C(=O)Cc2ccc(F)cc2)[C@H](C)C(=O)NC2CCCC2)cc1. The molecule has 2 aromatic rings. The number of nitrogens with zero attached hydrogens (tertiary/aromatic N) is 1. The van der Waals surface area contributed by atoms with Crippen LogP contribution in [-0.2, 0) is 22.6 Å². The standard InChI is InChI=1S/C24H29FN2O2/c1-17-7-9-20(10-8-17)16-27(18(2)24(29)26-22-5-3-4-6-22)23(28)15-19-11-13-21(25)14-12-19/h7-14,18,22H,3-6,15-16H2,1-2H3,(H,26,29)/t18-/m1/s1. The molecule has 154 valence electrons. The van der Waals surface area contributed by atoms with Gasteiger partial charge in [0.05, 0.1) is 6.42 Å². The Hall–Kier alpha value is -2.69. The van der Waals surface area contributed by atoms with Gasteiger partial charge in [0.1, 0.15) is 11.9 Å². The first kappa shape index (κ1) is 21.0.